The first kappa shape index (κ1) is 17.3. The van der Waals surface area contributed by atoms with Crippen LogP contribution < -0.4 is 4.90 Å². The molecule has 7 nitrogen and oxygen atoms in total. The highest BCUT2D eigenvalue weighted by Crippen LogP contribution is 2.53. The number of hydrogen-bond donors (Lipinski definition) is 0. The van der Waals surface area contributed by atoms with Gasteiger partial charge in [-0.05, 0) is 51.0 Å². The first-order chi connectivity index (χ1) is 14.4. The predicted molar refractivity (Wildman–Crippen MR) is 109 cm³/mol. The van der Waals surface area contributed by atoms with Gasteiger partial charge in [0.05, 0.1) is 17.4 Å². The van der Waals surface area contributed by atoms with Crippen molar-refractivity contribution in [3.8, 4) is 11.1 Å². The second kappa shape index (κ2) is 5.53. The number of nitrogens with zero attached hydrogens (tertiary/aromatic N) is 6. The molecule has 0 aliphatic carbocycles. The second-order valence-electron chi connectivity index (χ2n) is 7.93. The van der Waals surface area contributed by atoms with Crippen LogP contribution in [0.15, 0.2) is 24.4 Å². The molecule has 1 amide bonds. The molecule has 0 N–H and O–H groups in total. The Morgan fingerprint density at radius 1 is 1.17 bits per heavy atom. The fraction of sp³-hybridized carbons (Fsp3) is 0.273. The summed E-state index contributed by atoms with van der Waals surface area (Å²) in [5, 5.41) is 13.1. The van der Waals surface area contributed by atoms with Crippen molar-refractivity contribution in [2.24, 2.45) is 0 Å². The summed E-state index contributed by atoms with van der Waals surface area (Å²) in [4.78, 5) is 15.5. The van der Waals surface area contributed by atoms with E-state index in [0.29, 0.717) is 17.9 Å². The van der Waals surface area contributed by atoms with Gasteiger partial charge in [-0.3, -0.25) is 18.8 Å². The number of carbonyl (C=O) groups is 1. The zero-order valence-electron chi connectivity index (χ0n) is 17.1. The third-order valence-corrected chi connectivity index (χ3v) is 6.35. The lowest BCUT2D eigenvalue weighted by Gasteiger charge is -2.35. The average Bonchev–Trinajstić information content (AvgIpc) is 3.35. The van der Waals surface area contributed by atoms with Crippen LogP contribution in [0.1, 0.15) is 51.7 Å². The molecule has 0 fully saturated rings. The summed E-state index contributed by atoms with van der Waals surface area (Å²) < 4.78 is 18.0. The lowest BCUT2D eigenvalue weighted by atomic mass is 9.85. The number of aromatic nitrogens is 5. The van der Waals surface area contributed by atoms with Gasteiger partial charge in [0.15, 0.2) is 5.65 Å². The molecule has 30 heavy (non-hydrogen) atoms. The molecular weight excluding hydrogens is 383 g/mol. The number of anilines is 1. The Morgan fingerprint density at radius 2 is 1.97 bits per heavy atom. The van der Waals surface area contributed by atoms with Crippen LogP contribution in [0, 0.1) is 26.6 Å². The molecule has 1 aromatic carbocycles. The van der Waals surface area contributed by atoms with Gasteiger partial charge in [0.2, 0.25) is 0 Å². The third kappa shape index (κ3) is 1.89. The molecule has 0 radical (unpaired) electrons. The Bertz CT molecular complexity index is 1420. The standard InChI is InChI=1S/C22H19FN6O/c1-5-28-20-18(11(3)26-28)19-14-7-6-13(23)8-15(14)17-10(2)21-25-24-12(4)27(21)9-16(17)29(19)22(20)30/h6-9,19H,5H2,1-4H3/t19-/m1/s1. The highest BCUT2D eigenvalue weighted by molar-refractivity contribution is 6.14. The Balaban J connectivity index is 1.77. The molecule has 2 aliphatic heterocycles. The monoisotopic (exact) mass is 402 g/mol. The van der Waals surface area contributed by atoms with Crippen molar-refractivity contribution in [2.75, 3.05) is 4.90 Å². The number of benzene rings is 1. The number of fused-ring (bicyclic) bond motifs is 9. The number of amides is 1. The van der Waals surface area contributed by atoms with E-state index in [1.54, 1.807) is 16.8 Å². The molecule has 0 bridgehead atoms. The van der Waals surface area contributed by atoms with Crippen LogP contribution in [0.5, 0.6) is 0 Å². The SMILES string of the molecule is CCn1nc(C)c2c1C(=O)N1c3cn4c(C)nnc4c(C)c3-c3cc(F)ccc3[C@H]21. The summed E-state index contributed by atoms with van der Waals surface area (Å²) >= 11 is 0. The predicted octanol–water partition coefficient (Wildman–Crippen LogP) is 3.74. The van der Waals surface area contributed by atoms with Crippen molar-refractivity contribution in [1.82, 2.24) is 24.4 Å². The molecule has 0 saturated heterocycles. The summed E-state index contributed by atoms with van der Waals surface area (Å²) in [6.07, 6.45) is 1.90. The minimum absolute atomic E-state index is 0.0850. The van der Waals surface area contributed by atoms with Gasteiger partial charge >= 0.3 is 0 Å². The van der Waals surface area contributed by atoms with Crippen LogP contribution in [0.2, 0.25) is 0 Å². The minimum atomic E-state index is -0.329. The number of carbonyl (C=O) groups excluding carboxylic acids is 1. The van der Waals surface area contributed by atoms with E-state index in [1.807, 2.05) is 43.2 Å². The fourth-order valence-electron chi connectivity index (χ4n) is 5.06. The molecule has 5 heterocycles. The molecule has 150 valence electrons. The van der Waals surface area contributed by atoms with E-state index in [0.717, 1.165) is 45.0 Å². The van der Waals surface area contributed by atoms with Gasteiger partial charge in [-0.2, -0.15) is 5.10 Å². The largest absolute Gasteiger partial charge is 0.293 e. The number of hydrogen-bond acceptors (Lipinski definition) is 4. The molecular formula is C22H19FN6O. The van der Waals surface area contributed by atoms with Crippen molar-refractivity contribution in [2.45, 2.75) is 40.3 Å². The summed E-state index contributed by atoms with van der Waals surface area (Å²) in [6.45, 7) is 8.33. The molecule has 4 aromatic rings. The Morgan fingerprint density at radius 3 is 2.73 bits per heavy atom. The van der Waals surface area contributed by atoms with Crippen LogP contribution in [-0.2, 0) is 6.54 Å². The van der Waals surface area contributed by atoms with Crippen LogP contribution in [0.3, 0.4) is 0 Å². The van der Waals surface area contributed by atoms with Crippen LogP contribution in [0.4, 0.5) is 10.1 Å². The molecule has 1 atom stereocenters. The highest BCUT2D eigenvalue weighted by Gasteiger charge is 2.48. The lowest BCUT2D eigenvalue weighted by Crippen LogP contribution is -2.34. The maximum atomic E-state index is 14.4. The van der Waals surface area contributed by atoms with Crippen molar-refractivity contribution in [3.63, 3.8) is 0 Å². The van der Waals surface area contributed by atoms with E-state index >= 15 is 0 Å². The maximum Gasteiger partial charge on any atom is 0.277 e. The van der Waals surface area contributed by atoms with E-state index in [-0.39, 0.29) is 17.8 Å². The summed E-state index contributed by atoms with van der Waals surface area (Å²) in [5.74, 6) is 0.339. The number of aryl methyl sites for hydroxylation is 4. The Hall–Kier alpha value is -3.55. The molecule has 2 aliphatic rings. The van der Waals surface area contributed by atoms with Gasteiger partial charge in [0.25, 0.3) is 5.91 Å². The Labute approximate surface area is 171 Å². The zero-order valence-corrected chi connectivity index (χ0v) is 17.1. The lowest BCUT2D eigenvalue weighted by molar-refractivity contribution is 0.0983. The summed E-state index contributed by atoms with van der Waals surface area (Å²) in [5.41, 5.74) is 7.18. The smallest absolute Gasteiger partial charge is 0.277 e. The summed E-state index contributed by atoms with van der Waals surface area (Å²) in [7, 11) is 0. The van der Waals surface area contributed by atoms with Crippen LogP contribution >= 0.6 is 0 Å². The first-order valence-corrected chi connectivity index (χ1v) is 9.98. The van der Waals surface area contributed by atoms with Gasteiger partial charge in [-0.15, -0.1) is 10.2 Å². The molecule has 3 aromatic heterocycles. The van der Waals surface area contributed by atoms with Crippen LogP contribution in [0.25, 0.3) is 16.8 Å². The average molecular weight is 402 g/mol. The van der Waals surface area contributed by atoms with Gasteiger partial charge in [-0.25, -0.2) is 4.39 Å². The molecule has 6 rings (SSSR count). The second-order valence-corrected chi connectivity index (χ2v) is 7.93. The van der Waals surface area contributed by atoms with Crippen molar-refractivity contribution in [3.05, 3.63) is 64.1 Å². The number of pyridine rings is 1. The van der Waals surface area contributed by atoms with Crippen molar-refractivity contribution in [1.29, 1.82) is 0 Å². The first-order valence-electron chi connectivity index (χ1n) is 9.98. The van der Waals surface area contributed by atoms with Gasteiger partial charge in [0.1, 0.15) is 17.3 Å². The van der Waals surface area contributed by atoms with Gasteiger partial charge in [0, 0.05) is 29.4 Å². The molecule has 0 saturated carbocycles. The minimum Gasteiger partial charge on any atom is -0.293 e. The van der Waals surface area contributed by atoms with Crippen molar-refractivity contribution >= 4 is 17.2 Å². The molecule has 0 spiro atoms. The van der Waals surface area contributed by atoms with E-state index < -0.39 is 0 Å². The third-order valence-electron chi connectivity index (χ3n) is 6.35. The summed E-state index contributed by atoms with van der Waals surface area (Å²) in [6, 6.07) is 4.47. The number of halogens is 1. The van der Waals surface area contributed by atoms with E-state index in [9.17, 15) is 9.18 Å². The quantitative estimate of drug-likeness (QED) is 0.486. The van der Waals surface area contributed by atoms with E-state index in [4.69, 9.17) is 0 Å². The maximum absolute atomic E-state index is 14.4. The van der Waals surface area contributed by atoms with Gasteiger partial charge < -0.3 is 0 Å². The number of rotatable bonds is 1. The van der Waals surface area contributed by atoms with E-state index in [2.05, 4.69) is 15.3 Å². The van der Waals surface area contributed by atoms with Crippen molar-refractivity contribution < 1.29 is 9.18 Å². The molecule has 8 heteroatoms. The topological polar surface area (TPSA) is 68.3 Å². The van der Waals surface area contributed by atoms with Crippen LogP contribution in [-0.4, -0.2) is 30.3 Å². The Kier molecular flexibility index (Phi) is 3.19. The highest BCUT2D eigenvalue weighted by atomic mass is 19.1. The zero-order chi connectivity index (χ0) is 20.9. The normalized spacial score (nSPS) is 16.6. The van der Waals surface area contributed by atoms with E-state index in [1.165, 1.54) is 6.07 Å². The molecule has 0 unspecified atom stereocenters. The van der Waals surface area contributed by atoms with Gasteiger partial charge in [-0.1, -0.05) is 6.07 Å². The fourth-order valence-corrected chi connectivity index (χ4v) is 5.06.